The summed E-state index contributed by atoms with van der Waals surface area (Å²) in [6, 6.07) is 0. The van der Waals surface area contributed by atoms with E-state index in [9.17, 15) is 0 Å². The van der Waals surface area contributed by atoms with Crippen LogP contribution in [0.1, 0.15) is 0 Å². The molecule has 0 unspecified atom stereocenters. The fraction of sp³-hybridized carbons (Fsp3) is 0. The molecule has 0 bridgehead atoms. The molecule has 0 aliphatic carbocycles. The molecule has 0 aliphatic heterocycles. The maximum Gasteiger partial charge on any atom is 1.00 e. The molecule has 0 saturated heterocycles. The predicted octanol–water partition coefficient (Wildman–Crippen LogP) is -55.8. The van der Waals surface area contributed by atoms with E-state index in [1.807, 2.05) is 0 Å². The Morgan fingerprint density at radius 2 is 0.0600 bits per heavy atom. The van der Waals surface area contributed by atoms with Gasteiger partial charge in [-0.3, -0.25) is 0 Å². The number of hydrogen-bond donors (Lipinski definition) is 0. The summed E-state index contributed by atoms with van der Waals surface area (Å²) < 4.78 is 0. The van der Waals surface area contributed by atoms with E-state index in [1.54, 1.807) is 0 Å². The van der Waals surface area contributed by atoms with Gasteiger partial charge in [0.25, 0.3) is 0 Å². The van der Waals surface area contributed by atoms with Crippen LogP contribution in [0.5, 0.6) is 0 Å². The van der Waals surface area contributed by atoms with Gasteiger partial charge in [0, 0.05) is 0 Å². The third-order valence-corrected chi connectivity index (χ3v) is 0. The molecular weight excluding hydrogens is 5100 g/mol. The van der Waals surface area contributed by atoms with Crippen molar-refractivity contribution in [2.45, 2.75) is 0 Å². The van der Waals surface area contributed by atoms with Crippen LogP contribution < -0.4 is 642 Å². The van der Waals surface area contributed by atoms with Gasteiger partial charge >= 0.3 is 355 Å². The van der Waals surface area contributed by atoms with Gasteiger partial charge in [0.1, 0.15) is 0 Å². The molecule has 0 aromatic heterocycles. The van der Waals surface area contributed by atoms with Crippen LogP contribution in [0.15, 0.2) is 0 Å². The van der Waals surface area contributed by atoms with E-state index in [-0.39, 0.29) is 1270 Å². The van der Waals surface area contributed by atoms with Crippen LogP contribution in [0.3, 0.4) is 0 Å². The minimum atomic E-state index is 0. The Labute approximate surface area is 1220 Å². The molecule has 50 heteroatoms. The summed E-state index contributed by atoms with van der Waals surface area (Å²) in [4.78, 5) is 0. The van der Waals surface area contributed by atoms with Crippen molar-refractivity contribution in [1.29, 1.82) is 0 Å². The summed E-state index contributed by atoms with van der Waals surface area (Å²) in [6.45, 7) is 0. The summed E-state index contributed by atoms with van der Waals surface area (Å²) >= 11 is 0. The molecule has 0 radical (unpaired) electrons. The average molecular weight is 5120 g/mol. The molecule has 0 heterocycles. The molecule has 0 aromatic rings. The topological polar surface area (TPSA) is 0 Å². The Bertz CT molecular complexity index is 39.8. The van der Waals surface area contributed by atoms with Gasteiger partial charge in [-0.25, -0.2) is 0 Å². The molecule has 50 heavy (non-hydrogen) atoms. The fourth-order valence-corrected chi connectivity index (χ4v) is 0. The molecular formula is H26I38Na12. The van der Waals surface area contributed by atoms with E-state index in [1.165, 1.54) is 0 Å². The van der Waals surface area contributed by atoms with E-state index < -0.39 is 0 Å². The molecule has 0 rings (SSSR count). The van der Waals surface area contributed by atoms with Crippen LogP contribution in [0.2, 0.25) is 0 Å². The van der Waals surface area contributed by atoms with E-state index in [0.717, 1.165) is 0 Å². The summed E-state index contributed by atoms with van der Waals surface area (Å²) in [5.41, 5.74) is 0. The van der Waals surface area contributed by atoms with Crippen molar-refractivity contribution in [2.75, 3.05) is 0 Å². The third kappa shape index (κ3) is 418. The van der Waals surface area contributed by atoms with Gasteiger partial charge in [-0.2, -0.15) is 0 Å². The second kappa shape index (κ2) is 433. The fourth-order valence-electron chi connectivity index (χ4n) is 0. The van der Waals surface area contributed by atoms with E-state index in [0.29, 0.717) is 0 Å². The SMILES string of the molecule is I.I.I.I.I.I.I.I.I.I.I.I.I.I.I.I.I.I.I.I.I.I.I.I.I.I.[I-].[I-].[I-].[I-].[I-].[I-].[I-].[I-].[I-].[I-].[I-].[I-].[Na+].[Na+].[Na+].[Na+].[Na+].[Na+].[Na+].[Na+].[Na+].[Na+].[Na+].[Na+]. The van der Waals surface area contributed by atoms with Crippen molar-refractivity contribution in [3.8, 4) is 0 Å². The first-order chi connectivity index (χ1) is 0. The van der Waals surface area contributed by atoms with E-state index in [2.05, 4.69) is 0 Å². The summed E-state index contributed by atoms with van der Waals surface area (Å²) in [5.74, 6) is 0. The van der Waals surface area contributed by atoms with Crippen molar-refractivity contribution in [2.24, 2.45) is 0 Å². The number of halogens is 38. The monoisotopic (exact) mass is 5120 g/mol. The molecule has 304 valence electrons. The molecule has 0 amide bonds. The molecule has 0 N–H and O–H groups in total. The van der Waals surface area contributed by atoms with Gasteiger partial charge in [0.2, 0.25) is 0 Å². The molecule has 0 spiro atoms. The first-order valence-electron chi connectivity index (χ1n) is 0. The summed E-state index contributed by atoms with van der Waals surface area (Å²) in [7, 11) is 0. The average Bonchev–Trinajstić information content (AvgIpc) is 0. The standard InChI is InChI=1S/38HI.12Na/h38*1H;;;;;;;;;;;;/q;;;;;;;;;;;;;;;;;;;;;;;;;;;;;;;;;;;;;;12*+1/p-12. The van der Waals surface area contributed by atoms with Crippen LogP contribution in [-0.4, -0.2) is 0 Å². The van der Waals surface area contributed by atoms with Crippen LogP contribution in [0, 0.1) is 0 Å². The van der Waals surface area contributed by atoms with Crippen molar-refractivity contribution in [3.05, 3.63) is 0 Å². The maximum atomic E-state index is 0. The molecule has 0 aliphatic rings. The zero-order valence-corrected chi connectivity index (χ0v) is 138. The number of hydrogen-bond acceptors (Lipinski definition) is 0. The second-order valence-corrected chi connectivity index (χ2v) is 0. The Morgan fingerprint density at radius 1 is 0.0600 bits per heavy atom. The Balaban J connectivity index is 0. The normalized spacial score (nSPS) is 0. The summed E-state index contributed by atoms with van der Waals surface area (Å²) in [5, 5.41) is 0. The molecule has 0 saturated carbocycles. The van der Waals surface area contributed by atoms with Gasteiger partial charge in [-0.05, 0) is 0 Å². The molecule has 0 fully saturated rings. The summed E-state index contributed by atoms with van der Waals surface area (Å²) in [6.07, 6.45) is 0. The van der Waals surface area contributed by atoms with Crippen LogP contribution in [0.4, 0.5) is 0 Å². The van der Waals surface area contributed by atoms with Crippen LogP contribution >= 0.6 is 623 Å². The van der Waals surface area contributed by atoms with Crippen LogP contribution in [0.25, 0.3) is 0 Å². The van der Waals surface area contributed by atoms with Gasteiger partial charge in [0.15, 0.2) is 0 Å². The molecule has 0 atom stereocenters. The first kappa shape index (κ1) is 447. The largest absolute Gasteiger partial charge is 1.00 e. The Hall–Kier alpha value is 39.7. The van der Waals surface area contributed by atoms with Crippen molar-refractivity contribution >= 4 is 623 Å². The van der Waals surface area contributed by atoms with E-state index >= 15 is 0 Å². The quantitative estimate of drug-likeness (QED) is 0.168. The minimum absolute atomic E-state index is 0. The third-order valence-electron chi connectivity index (χ3n) is 0. The Kier molecular flexibility index (Phi) is 3870. The number of rotatable bonds is 0. The molecule has 0 aromatic carbocycles. The van der Waals surface area contributed by atoms with Crippen molar-refractivity contribution in [1.82, 2.24) is 0 Å². The van der Waals surface area contributed by atoms with Gasteiger partial charge in [-0.15, -0.1) is 623 Å². The smallest absolute Gasteiger partial charge is 1.00 e. The van der Waals surface area contributed by atoms with Crippen molar-refractivity contribution < 1.29 is 642 Å². The minimum Gasteiger partial charge on any atom is -1.00 e. The van der Waals surface area contributed by atoms with E-state index in [4.69, 9.17) is 0 Å². The maximum absolute atomic E-state index is 0. The predicted molar refractivity (Wildman–Crippen MR) is 401 cm³/mol. The molecule has 0 nitrogen and oxygen atoms in total. The van der Waals surface area contributed by atoms with Gasteiger partial charge in [-0.1, -0.05) is 0 Å². The second-order valence-electron chi connectivity index (χ2n) is 0. The zero-order chi connectivity index (χ0) is 0. The van der Waals surface area contributed by atoms with Crippen molar-refractivity contribution in [3.63, 3.8) is 0 Å². The zero-order valence-electron chi connectivity index (χ0n) is 27.2. The van der Waals surface area contributed by atoms with Gasteiger partial charge < -0.3 is 288 Å². The Morgan fingerprint density at radius 3 is 0.0600 bits per heavy atom. The van der Waals surface area contributed by atoms with Gasteiger partial charge in [0.05, 0.1) is 0 Å². The first-order valence-corrected chi connectivity index (χ1v) is 0. The van der Waals surface area contributed by atoms with Crippen LogP contribution in [-0.2, 0) is 0 Å².